The Bertz CT molecular complexity index is 707. The lowest BCUT2D eigenvalue weighted by Gasteiger charge is -2.35. The van der Waals surface area contributed by atoms with E-state index in [4.69, 9.17) is 16.3 Å². The van der Waals surface area contributed by atoms with Crippen molar-refractivity contribution in [1.29, 1.82) is 0 Å². The van der Waals surface area contributed by atoms with Crippen LogP contribution in [0.1, 0.15) is 18.1 Å². The van der Waals surface area contributed by atoms with Crippen molar-refractivity contribution in [3.8, 4) is 0 Å². The van der Waals surface area contributed by atoms with E-state index in [-0.39, 0.29) is 18.2 Å². The van der Waals surface area contributed by atoms with E-state index in [1.807, 2.05) is 24.3 Å². The Morgan fingerprint density at radius 1 is 1.33 bits per heavy atom. The molecular formula is C16H21ClN2O4S. The minimum absolute atomic E-state index is 0.0102. The van der Waals surface area contributed by atoms with Crippen LogP contribution in [0.3, 0.4) is 0 Å². The first-order chi connectivity index (χ1) is 11.3. The van der Waals surface area contributed by atoms with Crippen LogP contribution in [0.25, 0.3) is 0 Å². The van der Waals surface area contributed by atoms with Gasteiger partial charge < -0.3 is 10.1 Å². The molecule has 2 heterocycles. The molecule has 6 nitrogen and oxygen atoms in total. The van der Waals surface area contributed by atoms with Crippen LogP contribution in [0, 0.1) is 0 Å². The van der Waals surface area contributed by atoms with Crippen LogP contribution >= 0.6 is 11.6 Å². The molecule has 2 saturated heterocycles. The normalized spacial score (nSPS) is 27.7. The summed E-state index contributed by atoms with van der Waals surface area (Å²) in [6, 6.07) is 7.87. The number of nitrogens with one attached hydrogen (secondary N) is 1. The molecule has 1 aromatic carbocycles. The smallest absolute Gasteiger partial charge is 0.235 e. The zero-order chi connectivity index (χ0) is 17.3. The van der Waals surface area contributed by atoms with Gasteiger partial charge in [-0.05, 0) is 24.1 Å². The molecule has 3 rings (SSSR count). The fourth-order valence-corrected chi connectivity index (χ4v) is 4.05. The molecular weight excluding hydrogens is 352 g/mol. The third-order valence-electron chi connectivity index (χ3n) is 4.42. The van der Waals surface area contributed by atoms with Crippen LogP contribution in [0.5, 0.6) is 0 Å². The summed E-state index contributed by atoms with van der Waals surface area (Å²) in [5, 5.41) is 3.52. The highest BCUT2D eigenvalue weighted by molar-refractivity contribution is 7.91. The number of hydrogen-bond donors (Lipinski definition) is 1. The molecule has 1 aromatic rings. The molecule has 3 atom stereocenters. The summed E-state index contributed by atoms with van der Waals surface area (Å²) in [6.07, 6.45) is 1.83. The molecule has 0 radical (unpaired) electrons. The number of halogens is 1. The van der Waals surface area contributed by atoms with E-state index in [0.717, 1.165) is 24.8 Å². The van der Waals surface area contributed by atoms with Gasteiger partial charge in [-0.3, -0.25) is 9.69 Å². The second-order valence-corrected chi connectivity index (χ2v) is 9.13. The van der Waals surface area contributed by atoms with E-state index in [9.17, 15) is 13.2 Å². The van der Waals surface area contributed by atoms with E-state index in [1.54, 1.807) is 0 Å². The molecule has 2 aliphatic rings. The van der Waals surface area contributed by atoms with Crippen molar-refractivity contribution in [1.82, 2.24) is 10.2 Å². The average Bonchev–Trinajstić information content (AvgIpc) is 2.86. The Labute approximate surface area is 147 Å². The van der Waals surface area contributed by atoms with Crippen LogP contribution in [-0.2, 0) is 19.4 Å². The lowest BCUT2D eigenvalue weighted by atomic mass is 10.1. The lowest BCUT2D eigenvalue weighted by molar-refractivity contribution is -0.119. The highest BCUT2D eigenvalue weighted by Gasteiger charge is 2.38. The van der Waals surface area contributed by atoms with Crippen LogP contribution in [0.4, 0.5) is 0 Å². The summed E-state index contributed by atoms with van der Waals surface area (Å²) < 4.78 is 28.3. The molecule has 0 bridgehead atoms. The molecule has 132 valence electrons. The van der Waals surface area contributed by atoms with Crippen LogP contribution in [0.2, 0.25) is 5.02 Å². The van der Waals surface area contributed by atoms with Gasteiger partial charge in [0.2, 0.25) is 5.91 Å². The molecule has 0 saturated carbocycles. The summed E-state index contributed by atoms with van der Waals surface area (Å²) in [4.78, 5) is 14.1. The maximum atomic E-state index is 11.8. The quantitative estimate of drug-likeness (QED) is 0.853. The maximum absolute atomic E-state index is 11.8. The van der Waals surface area contributed by atoms with Crippen molar-refractivity contribution in [3.63, 3.8) is 0 Å². The van der Waals surface area contributed by atoms with E-state index in [0.29, 0.717) is 18.2 Å². The van der Waals surface area contributed by atoms with Crippen molar-refractivity contribution in [2.45, 2.75) is 24.6 Å². The predicted octanol–water partition coefficient (Wildman–Crippen LogP) is 1.02. The molecule has 2 aliphatic heterocycles. The summed E-state index contributed by atoms with van der Waals surface area (Å²) in [7, 11) is -3.30. The topological polar surface area (TPSA) is 75.7 Å². The van der Waals surface area contributed by atoms with E-state index in [1.165, 1.54) is 0 Å². The van der Waals surface area contributed by atoms with Crippen LogP contribution in [0.15, 0.2) is 24.3 Å². The van der Waals surface area contributed by atoms with Gasteiger partial charge in [-0.1, -0.05) is 23.7 Å². The Morgan fingerprint density at radius 2 is 2.04 bits per heavy atom. The van der Waals surface area contributed by atoms with Gasteiger partial charge in [-0.2, -0.15) is 0 Å². The van der Waals surface area contributed by atoms with Gasteiger partial charge >= 0.3 is 0 Å². The number of rotatable bonds is 4. The summed E-state index contributed by atoms with van der Waals surface area (Å²) >= 11 is 5.92. The minimum Gasteiger partial charge on any atom is -0.371 e. The zero-order valence-electron chi connectivity index (χ0n) is 13.4. The number of amides is 1. The van der Waals surface area contributed by atoms with Crippen molar-refractivity contribution in [2.75, 3.05) is 31.7 Å². The first-order valence-corrected chi connectivity index (χ1v) is 10.3. The highest BCUT2D eigenvalue weighted by atomic mass is 35.5. The van der Waals surface area contributed by atoms with Gasteiger partial charge in [0, 0.05) is 36.5 Å². The number of ether oxygens (including phenoxy) is 1. The highest BCUT2D eigenvalue weighted by Crippen LogP contribution is 2.30. The summed E-state index contributed by atoms with van der Waals surface area (Å²) in [5.41, 5.74) is 1.09. The number of benzene rings is 1. The third-order valence-corrected chi connectivity index (χ3v) is 5.46. The van der Waals surface area contributed by atoms with Gasteiger partial charge in [0.15, 0.2) is 9.84 Å². The van der Waals surface area contributed by atoms with Crippen molar-refractivity contribution in [3.05, 3.63) is 34.9 Å². The first-order valence-electron chi connectivity index (χ1n) is 7.88. The number of sulfone groups is 1. The Hall–Kier alpha value is -1.15. The molecule has 0 unspecified atom stereocenters. The SMILES string of the molecule is CS(=O)(=O)CC(=O)N[C@@H]1C[C@H]2CO[C@@H](c3ccc(Cl)cc3)CN2C1. The van der Waals surface area contributed by atoms with Gasteiger partial charge in [0.25, 0.3) is 0 Å². The fraction of sp³-hybridized carbons (Fsp3) is 0.562. The maximum Gasteiger partial charge on any atom is 0.235 e. The van der Waals surface area contributed by atoms with E-state index >= 15 is 0 Å². The second-order valence-electron chi connectivity index (χ2n) is 6.55. The molecule has 24 heavy (non-hydrogen) atoms. The minimum atomic E-state index is -3.30. The molecule has 0 aromatic heterocycles. The number of nitrogens with zero attached hydrogens (tertiary/aromatic N) is 1. The van der Waals surface area contributed by atoms with E-state index in [2.05, 4.69) is 10.2 Å². The second kappa shape index (κ2) is 7.00. The predicted molar refractivity (Wildman–Crippen MR) is 91.8 cm³/mol. The molecule has 0 aliphatic carbocycles. The number of carbonyl (C=O) groups excluding carboxylic acids is 1. The molecule has 8 heteroatoms. The first kappa shape index (κ1) is 17.7. The monoisotopic (exact) mass is 372 g/mol. The van der Waals surface area contributed by atoms with Crippen LogP contribution in [-0.4, -0.2) is 63.0 Å². The van der Waals surface area contributed by atoms with Gasteiger partial charge in [-0.25, -0.2) is 8.42 Å². The average molecular weight is 373 g/mol. The summed E-state index contributed by atoms with van der Waals surface area (Å²) in [6.45, 7) is 2.07. The Kier molecular flexibility index (Phi) is 5.15. The Morgan fingerprint density at radius 3 is 2.71 bits per heavy atom. The van der Waals surface area contributed by atoms with Crippen molar-refractivity contribution >= 4 is 27.3 Å². The van der Waals surface area contributed by atoms with Crippen molar-refractivity contribution < 1.29 is 17.9 Å². The molecule has 1 amide bonds. The summed E-state index contributed by atoms with van der Waals surface area (Å²) in [5.74, 6) is -0.893. The van der Waals surface area contributed by atoms with Crippen LogP contribution < -0.4 is 5.32 Å². The van der Waals surface area contributed by atoms with Gasteiger partial charge in [0.1, 0.15) is 5.75 Å². The molecule has 2 fully saturated rings. The molecule has 1 N–H and O–H groups in total. The van der Waals surface area contributed by atoms with Crippen molar-refractivity contribution in [2.24, 2.45) is 0 Å². The van der Waals surface area contributed by atoms with E-state index < -0.39 is 21.5 Å². The number of fused-ring (bicyclic) bond motifs is 1. The Balaban J connectivity index is 1.56. The standard InChI is InChI=1S/C16H21ClN2O4S/c1-24(21,22)10-16(20)18-13-6-14-9-23-15(8-19(14)7-13)11-2-4-12(17)5-3-11/h2-5,13-15H,6-10H2,1H3,(H,18,20)/t13-,14+,15-/m1/s1. The lowest BCUT2D eigenvalue weighted by Crippen LogP contribution is -2.43. The number of carbonyl (C=O) groups is 1. The largest absolute Gasteiger partial charge is 0.371 e. The number of hydrogen-bond acceptors (Lipinski definition) is 5. The zero-order valence-corrected chi connectivity index (χ0v) is 15.0. The van der Waals surface area contributed by atoms with Gasteiger partial charge in [0.05, 0.1) is 12.7 Å². The fourth-order valence-electron chi connectivity index (χ4n) is 3.37. The van der Waals surface area contributed by atoms with Gasteiger partial charge in [-0.15, -0.1) is 0 Å². The molecule has 0 spiro atoms. The number of morpholine rings is 1. The third kappa shape index (κ3) is 4.47.